The average Bonchev–Trinajstić information content (AvgIpc) is 3.03. The van der Waals surface area contributed by atoms with Crippen molar-refractivity contribution >= 4 is 23.7 Å². The standard InChI is InChI=1S/C15H14O4S/c16-14(17)10-9-6-8-11(10)15(18)19-12(8)13(9)20-7-4-2-1-3-5-7/h1-5,8-13H,6H2,(H,16,17)/t8-,9+,10-,11+,12+,13-/m0/s1. The van der Waals surface area contributed by atoms with Gasteiger partial charge in [-0.25, -0.2) is 0 Å². The Bertz CT molecular complexity index is 572. The van der Waals surface area contributed by atoms with Crippen LogP contribution in [0.1, 0.15) is 6.42 Å². The van der Waals surface area contributed by atoms with Crippen LogP contribution in [0.4, 0.5) is 0 Å². The van der Waals surface area contributed by atoms with Crippen molar-refractivity contribution in [3.63, 3.8) is 0 Å². The summed E-state index contributed by atoms with van der Waals surface area (Å²) in [6.45, 7) is 0. The number of esters is 1. The fourth-order valence-electron chi connectivity index (χ4n) is 4.14. The van der Waals surface area contributed by atoms with Crippen LogP contribution in [0.15, 0.2) is 35.2 Å². The number of carbonyl (C=O) groups is 2. The minimum Gasteiger partial charge on any atom is -0.481 e. The first-order valence-corrected chi connectivity index (χ1v) is 7.70. The fraction of sp³-hybridized carbons (Fsp3) is 0.467. The van der Waals surface area contributed by atoms with Crippen molar-refractivity contribution in [3.05, 3.63) is 30.3 Å². The third-order valence-electron chi connectivity index (χ3n) is 4.85. The maximum atomic E-state index is 11.9. The molecular formula is C15H14O4S. The number of carboxylic acid groups (broad SMARTS) is 1. The Hall–Kier alpha value is -1.49. The van der Waals surface area contributed by atoms with Crippen molar-refractivity contribution in [1.29, 1.82) is 0 Å². The van der Waals surface area contributed by atoms with E-state index in [4.69, 9.17) is 4.74 Å². The number of carboxylic acids is 1. The molecule has 5 heteroatoms. The summed E-state index contributed by atoms with van der Waals surface area (Å²) < 4.78 is 5.48. The zero-order valence-electron chi connectivity index (χ0n) is 10.6. The SMILES string of the molecule is O=C1O[C@@H]2[C@H]3C[C@@H]([C@@H]2Sc2ccccc2)[C@H](C(=O)O)[C@H]13. The van der Waals surface area contributed by atoms with Crippen LogP contribution in [0.25, 0.3) is 0 Å². The molecule has 4 nitrogen and oxygen atoms in total. The molecule has 1 aromatic carbocycles. The molecule has 0 radical (unpaired) electrons. The van der Waals surface area contributed by atoms with Gasteiger partial charge in [-0.1, -0.05) is 18.2 Å². The van der Waals surface area contributed by atoms with Crippen molar-refractivity contribution in [2.75, 3.05) is 0 Å². The zero-order valence-corrected chi connectivity index (χ0v) is 11.5. The smallest absolute Gasteiger partial charge is 0.310 e. The second-order valence-corrected chi connectivity index (χ2v) is 7.00. The lowest BCUT2D eigenvalue weighted by Crippen LogP contribution is -2.39. The van der Waals surface area contributed by atoms with Gasteiger partial charge in [0.2, 0.25) is 0 Å². The number of carbonyl (C=O) groups excluding carboxylic acids is 1. The molecule has 2 bridgehead atoms. The van der Waals surface area contributed by atoms with Gasteiger partial charge in [-0.2, -0.15) is 0 Å². The zero-order chi connectivity index (χ0) is 13.9. The number of rotatable bonds is 3. The van der Waals surface area contributed by atoms with Crippen molar-refractivity contribution in [1.82, 2.24) is 0 Å². The van der Waals surface area contributed by atoms with Crippen LogP contribution in [0, 0.1) is 23.7 Å². The third kappa shape index (κ3) is 1.56. The predicted molar refractivity (Wildman–Crippen MR) is 72.2 cm³/mol. The lowest BCUT2D eigenvalue weighted by atomic mass is 9.80. The number of aliphatic carboxylic acids is 1. The van der Waals surface area contributed by atoms with Crippen molar-refractivity contribution in [2.45, 2.75) is 22.7 Å². The van der Waals surface area contributed by atoms with Crippen LogP contribution in [-0.4, -0.2) is 28.4 Å². The van der Waals surface area contributed by atoms with Gasteiger partial charge in [0.15, 0.2) is 0 Å². The van der Waals surface area contributed by atoms with E-state index in [9.17, 15) is 14.7 Å². The quantitative estimate of drug-likeness (QED) is 0.863. The van der Waals surface area contributed by atoms with Gasteiger partial charge in [0, 0.05) is 10.8 Å². The van der Waals surface area contributed by atoms with E-state index in [1.807, 2.05) is 30.3 Å². The van der Waals surface area contributed by atoms with Gasteiger partial charge in [-0.05, 0) is 24.5 Å². The van der Waals surface area contributed by atoms with E-state index >= 15 is 0 Å². The number of ether oxygens (including phenoxy) is 1. The Balaban J connectivity index is 1.66. The first kappa shape index (κ1) is 12.3. The van der Waals surface area contributed by atoms with Crippen LogP contribution >= 0.6 is 11.8 Å². The van der Waals surface area contributed by atoms with Crippen molar-refractivity contribution < 1.29 is 19.4 Å². The second kappa shape index (κ2) is 4.25. The number of hydrogen-bond donors (Lipinski definition) is 1. The Morgan fingerprint density at radius 3 is 2.70 bits per heavy atom. The summed E-state index contributed by atoms with van der Waals surface area (Å²) in [4.78, 5) is 24.5. The molecule has 4 rings (SSSR count). The first-order chi connectivity index (χ1) is 9.66. The molecule has 0 amide bonds. The molecule has 2 aliphatic carbocycles. The highest BCUT2D eigenvalue weighted by molar-refractivity contribution is 8.00. The summed E-state index contributed by atoms with van der Waals surface area (Å²) in [6.07, 6.45) is 0.709. The molecule has 1 aromatic rings. The van der Waals surface area contributed by atoms with Gasteiger partial charge in [0.25, 0.3) is 0 Å². The molecule has 6 atom stereocenters. The summed E-state index contributed by atoms with van der Waals surface area (Å²) in [5, 5.41) is 9.52. The number of fused-ring (bicyclic) bond motifs is 1. The number of thioether (sulfide) groups is 1. The van der Waals surface area contributed by atoms with E-state index in [1.165, 1.54) is 0 Å². The highest BCUT2D eigenvalue weighted by Gasteiger charge is 2.68. The molecule has 104 valence electrons. The Morgan fingerprint density at radius 1 is 1.25 bits per heavy atom. The summed E-state index contributed by atoms with van der Waals surface area (Å²) in [6, 6.07) is 9.92. The molecule has 3 aliphatic rings. The highest BCUT2D eigenvalue weighted by Crippen LogP contribution is 2.61. The topological polar surface area (TPSA) is 63.6 Å². The van der Waals surface area contributed by atoms with E-state index in [0.29, 0.717) is 0 Å². The average molecular weight is 290 g/mol. The van der Waals surface area contributed by atoms with Crippen LogP contribution in [0.5, 0.6) is 0 Å². The molecule has 1 N–H and O–H groups in total. The predicted octanol–water partition coefficient (Wildman–Crippen LogP) is 2.04. The van der Waals surface area contributed by atoms with Crippen LogP contribution in [-0.2, 0) is 14.3 Å². The number of benzene rings is 1. The van der Waals surface area contributed by atoms with E-state index in [0.717, 1.165) is 11.3 Å². The van der Waals surface area contributed by atoms with Gasteiger partial charge in [0.05, 0.1) is 17.1 Å². The van der Waals surface area contributed by atoms with Gasteiger partial charge in [-0.3, -0.25) is 9.59 Å². The van der Waals surface area contributed by atoms with Gasteiger partial charge >= 0.3 is 11.9 Å². The molecule has 0 spiro atoms. The lowest BCUT2D eigenvalue weighted by molar-refractivity contribution is -0.151. The van der Waals surface area contributed by atoms with E-state index < -0.39 is 17.8 Å². The Labute approximate surface area is 120 Å². The van der Waals surface area contributed by atoms with Gasteiger partial charge in [-0.15, -0.1) is 11.8 Å². The summed E-state index contributed by atoms with van der Waals surface area (Å²) >= 11 is 1.66. The molecule has 1 aliphatic heterocycles. The van der Waals surface area contributed by atoms with E-state index in [1.54, 1.807) is 11.8 Å². The lowest BCUT2D eigenvalue weighted by Gasteiger charge is -2.29. The molecule has 1 heterocycles. The minimum atomic E-state index is -0.849. The summed E-state index contributed by atoms with van der Waals surface area (Å²) in [5.41, 5.74) is 0. The highest BCUT2D eigenvalue weighted by atomic mass is 32.2. The first-order valence-electron chi connectivity index (χ1n) is 6.82. The van der Waals surface area contributed by atoms with Crippen LogP contribution in [0.3, 0.4) is 0 Å². The summed E-state index contributed by atoms with van der Waals surface area (Å²) in [5.74, 6) is -1.97. The van der Waals surface area contributed by atoms with Gasteiger partial charge in [0.1, 0.15) is 6.10 Å². The monoisotopic (exact) mass is 290 g/mol. The largest absolute Gasteiger partial charge is 0.481 e. The maximum Gasteiger partial charge on any atom is 0.310 e. The van der Waals surface area contributed by atoms with Crippen LogP contribution < -0.4 is 0 Å². The van der Waals surface area contributed by atoms with Crippen molar-refractivity contribution in [2.24, 2.45) is 23.7 Å². The normalized spacial score (nSPS) is 40.9. The molecular weight excluding hydrogens is 276 g/mol. The van der Waals surface area contributed by atoms with E-state index in [-0.39, 0.29) is 29.2 Å². The molecule has 0 aromatic heterocycles. The Kier molecular flexibility index (Phi) is 2.61. The molecule has 3 fully saturated rings. The van der Waals surface area contributed by atoms with Crippen molar-refractivity contribution in [3.8, 4) is 0 Å². The third-order valence-corrected chi connectivity index (χ3v) is 6.28. The molecule has 1 saturated heterocycles. The number of hydrogen-bond acceptors (Lipinski definition) is 4. The Morgan fingerprint density at radius 2 is 2.00 bits per heavy atom. The maximum absolute atomic E-state index is 11.9. The molecule has 20 heavy (non-hydrogen) atoms. The van der Waals surface area contributed by atoms with Crippen LogP contribution in [0.2, 0.25) is 0 Å². The molecule has 0 unspecified atom stereocenters. The minimum absolute atomic E-state index is 0.0455. The summed E-state index contributed by atoms with van der Waals surface area (Å²) in [7, 11) is 0. The van der Waals surface area contributed by atoms with E-state index in [2.05, 4.69) is 0 Å². The second-order valence-electron chi connectivity index (χ2n) is 5.75. The fourth-order valence-corrected chi connectivity index (χ4v) is 5.62. The molecule has 2 saturated carbocycles. The van der Waals surface area contributed by atoms with Gasteiger partial charge < -0.3 is 9.84 Å².